The van der Waals surface area contributed by atoms with Gasteiger partial charge in [0.05, 0.1) is 29.6 Å². The number of fused-ring (bicyclic) bond motifs is 1. The number of anilines is 2. The summed E-state index contributed by atoms with van der Waals surface area (Å²) in [7, 11) is 1.59. The van der Waals surface area contributed by atoms with Crippen molar-refractivity contribution in [2.45, 2.75) is 18.9 Å². The third kappa shape index (κ3) is 4.63. The van der Waals surface area contributed by atoms with E-state index in [0.29, 0.717) is 17.1 Å². The van der Waals surface area contributed by atoms with Gasteiger partial charge in [-0.2, -0.15) is 0 Å². The van der Waals surface area contributed by atoms with Crippen molar-refractivity contribution >= 4 is 29.0 Å². The number of methoxy groups -OCH3 is 1. The molecule has 0 amide bonds. The molecular formula is C30H29N7O2. The van der Waals surface area contributed by atoms with Gasteiger partial charge >= 0.3 is 0 Å². The van der Waals surface area contributed by atoms with E-state index in [9.17, 15) is 4.79 Å². The van der Waals surface area contributed by atoms with Gasteiger partial charge in [0.15, 0.2) is 23.5 Å². The van der Waals surface area contributed by atoms with Gasteiger partial charge in [0.1, 0.15) is 11.3 Å². The van der Waals surface area contributed by atoms with Crippen LogP contribution in [0.3, 0.4) is 0 Å². The van der Waals surface area contributed by atoms with Gasteiger partial charge in [-0.3, -0.25) is 4.79 Å². The second-order valence-electron chi connectivity index (χ2n) is 9.51. The van der Waals surface area contributed by atoms with Crippen LogP contribution in [-0.4, -0.2) is 52.2 Å². The van der Waals surface area contributed by atoms with Crippen LogP contribution in [0.2, 0.25) is 0 Å². The van der Waals surface area contributed by atoms with Crippen molar-refractivity contribution in [3.05, 3.63) is 84.6 Å². The third-order valence-electron chi connectivity index (χ3n) is 7.12. The van der Waals surface area contributed by atoms with Crippen LogP contribution >= 0.6 is 0 Å². The van der Waals surface area contributed by atoms with Gasteiger partial charge in [-0.25, -0.2) is 19.6 Å². The van der Waals surface area contributed by atoms with Gasteiger partial charge in [-0.05, 0) is 49.2 Å². The Bertz CT molecular complexity index is 1630. The summed E-state index contributed by atoms with van der Waals surface area (Å²) in [6.45, 7) is 1.53. The predicted molar refractivity (Wildman–Crippen MR) is 154 cm³/mol. The van der Waals surface area contributed by atoms with Crippen molar-refractivity contribution in [3.63, 3.8) is 0 Å². The summed E-state index contributed by atoms with van der Waals surface area (Å²) < 4.78 is 7.61. The molecule has 1 aliphatic heterocycles. The van der Waals surface area contributed by atoms with E-state index in [-0.39, 0.29) is 6.04 Å². The monoisotopic (exact) mass is 519 g/mol. The largest absolute Gasteiger partial charge is 0.494 e. The van der Waals surface area contributed by atoms with Crippen molar-refractivity contribution in [3.8, 4) is 28.4 Å². The number of hydrogen-bond donors (Lipinski definition) is 2. The van der Waals surface area contributed by atoms with E-state index in [1.165, 1.54) is 0 Å². The molecule has 5 aromatic rings. The van der Waals surface area contributed by atoms with Crippen molar-refractivity contribution in [1.29, 1.82) is 0 Å². The van der Waals surface area contributed by atoms with Crippen LogP contribution in [0.4, 0.5) is 11.5 Å². The molecule has 0 saturated carbocycles. The summed E-state index contributed by atoms with van der Waals surface area (Å²) in [6, 6.07) is 23.7. The second kappa shape index (κ2) is 10.4. The molecule has 0 aliphatic carbocycles. The molecule has 196 valence electrons. The van der Waals surface area contributed by atoms with Gasteiger partial charge < -0.3 is 20.8 Å². The van der Waals surface area contributed by atoms with Gasteiger partial charge in [0.2, 0.25) is 0 Å². The Labute approximate surface area is 226 Å². The zero-order valence-electron chi connectivity index (χ0n) is 21.6. The summed E-state index contributed by atoms with van der Waals surface area (Å²) in [5.74, 6) is 1.72. The first-order valence-corrected chi connectivity index (χ1v) is 13.0. The molecular weight excluding hydrogens is 490 g/mol. The highest BCUT2D eigenvalue weighted by Crippen LogP contribution is 2.32. The first-order chi connectivity index (χ1) is 19.2. The number of para-hydroxylation sites is 1. The standard InChI is InChI=1S/C30H29N7O2/c1-39-27-21(19-38)9-5-11-25(27)33-22-14-17-36(18-15-22)37-29(23-10-6-16-32-28(23)31)35-26-13-12-24(34-30(26)37)20-7-3-2-4-8-20/h2-13,16,19,22,33H,14-15,17-18H2,1H3,(H2,31,32). The Hall–Kier alpha value is -4.92. The summed E-state index contributed by atoms with van der Waals surface area (Å²) in [5, 5.41) is 5.86. The minimum Gasteiger partial charge on any atom is -0.494 e. The highest BCUT2D eigenvalue weighted by atomic mass is 16.5. The molecule has 1 fully saturated rings. The Balaban J connectivity index is 1.34. The van der Waals surface area contributed by atoms with Crippen LogP contribution in [0.5, 0.6) is 5.75 Å². The summed E-state index contributed by atoms with van der Waals surface area (Å²) in [4.78, 5) is 25.8. The summed E-state index contributed by atoms with van der Waals surface area (Å²) in [5.41, 5.74) is 11.9. The highest BCUT2D eigenvalue weighted by molar-refractivity contribution is 5.84. The van der Waals surface area contributed by atoms with Crippen LogP contribution in [0, 0.1) is 0 Å². The fourth-order valence-electron chi connectivity index (χ4n) is 5.18. The van der Waals surface area contributed by atoms with Gasteiger partial charge in [0.25, 0.3) is 0 Å². The SMILES string of the molecule is COc1c(C=O)cccc1NC1CCN(n2c(-c3cccnc3N)nc3ccc(-c4ccccc4)nc32)CC1. The lowest BCUT2D eigenvalue weighted by Gasteiger charge is -2.35. The number of nitrogens with two attached hydrogens (primary N) is 1. The average Bonchev–Trinajstić information content (AvgIpc) is 3.36. The zero-order chi connectivity index (χ0) is 26.8. The lowest BCUT2D eigenvalue weighted by molar-refractivity contribution is 0.112. The van der Waals surface area contributed by atoms with E-state index in [0.717, 1.165) is 71.7 Å². The Morgan fingerprint density at radius 1 is 0.974 bits per heavy atom. The van der Waals surface area contributed by atoms with Gasteiger partial charge in [-0.15, -0.1) is 0 Å². The number of nitrogens with one attached hydrogen (secondary N) is 1. The molecule has 0 unspecified atom stereocenters. The Kier molecular flexibility index (Phi) is 6.54. The average molecular weight is 520 g/mol. The molecule has 0 bridgehead atoms. The number of ether oxygens (including phenoxy) is 1. The number of benzene rings is 2. The van der Waals surface area contributed by atoms with E-state index in [2.05, 4.69) is 32.1 Å². The fourth-order valence-corrected chi connectivity index (χ4v) is 5.18. The third-order valence-corrected chi connectivity index (χ3v) is 7.12. The van der Waals surface area contributed by atoms with Crippen LogP contribution in [0.25, 0.3) is 33.8 Å². The van der Waals surface area contributed by atoms with Crippen LogP contribution in [-0.2, 0) is 0 Å². The lowest BCUT2D eigenvalue weighted by atomic mass is 10.0. The molecule has 39 heavy (non-hydrogen) atoms. The first-order valence-electron chi connectivity index (χ1n) is 13.0. The quantitative estimate of drug-likeness (QED) is 0.296. The number of hydrogen-bond acceptors (Lipinski definition) is 8. The summed E-state index contributed by atoms with van der Waals surface area (Å²) >= 11 is 0. The maximum atomic E-state index is 11.5. The molecule has 0 spiro atoms. The van der Waals surface area contributed by atoms with Crippen LogP contribution < -0.4 is 20.8 Å². The smallest absolute Gasteiger partial charge is 0.180 e. The lowest BCUT2D eigenvalue weighted by Crippen LogP contribution is -2.45. The van der Waals surface area contributed by atoms with Crippen molar-refractivity contribution in [2.75, 3.05) is 36.3 Å². The molecule has 2 aromatic carbocycles. The molecule has 9 nitrogen and oxygen atoms in total. The minimum atomic E-state index is 0.214. The number of carbonyl (C=O) groups excluding carboxylic acids is 1. The molecule has 0 radical (unpaired) electrons. The number of imidazole rings is 1. The Morgan fingerprint density at radius 3 is 2.54 bits per heavy atom. The van der Waals surface area contributed by atoms with Crippen molar-refractivity contribution in [1.82, 2.24) is 19.6 Å². The normalized spacial score (nSPS) is 13.9. The number of nitrogen functional groups attached to an aromatic ring is 1. The van der Waals surface area contributed by atoms with Crippen molar-refractivity contribution in [2.24, 2.45) is 0 Å². The van der Waals surface area contributed by atoms with Crippen LogP contribution in [0.1, 0.15) is 23.2 Å². The van der Waals surface area contributed by atoms with E-state index in [1.807, 2.05) is 54.6 Å². The van der Waals surface area contributed by atoms with Gasteiger partial charge in [-0.1, -0.05) is 36.4 Å². The first kappa shape index (κ1) is 24.4. The predicted octanol–water partition coefficient (Wildman–Crippen LogP) is 4.78. The minimum absolute atomic E-state index is 0.214. The van der Waals surface area contributed by atoms with E-state index in [4.69, 9.17) is 20.4 Å². The number of aromatic nitrogens is 4. The molecule has 6 rings (SSSR count). The number of pyridine rings is 2. The van der Waals surface area contributed by atoms with Crippen LogP contribution in [0.15, 0.2) is 79.0 Å². The maximum absolute atomic E-state index is 11.5. The molecule has 4 heterocycles. The molecule has 0 atom stereocenters. The maximum Gasteiger partial charge on any atom is 0.180 e. The number of nitrogens with zero attached hydrogens (tertiary/aromatic N) is 5. The van der Waals surface area contributed by atoms with Gasteiger partial charge in [0, 0.05) is 30.9 Å². The fraction of sp³-hybridized carbons (Fsp3) is 0.200. The summed E-state index contributed by atoms with van der Waals surface area (Å²) in [6.07, 6.45) is 4.24. The van der Waals surface area contributed by atoms with Crippen molar-refractivity contribution < 1.29 is 9.53 Å². The number of rotatable bonds is 7. The number of carbonyl (C=O) groups is 1. The number of piperidine rings is 1. The highest BCUT2D eigenvalue weighted by Gasteiger charge is 2.26. The van der Waals surface area contributed by atoms with E-state index < -0.39 is 0 Å². The second-order valence-corrected chi connectivity index (χ2v) is 9.51. The topological polar surface area (TPSA) is 111 Å². The van der Waals surface area contributed by atoms with E-state index in [1.54, 1.807) is 19.4 Å². The molecule has 3 N–H and O–H groups in total. The molecule has 1 aliphatic rings. The van der Waals surface area contributed by atoms with E-state index >= 15 is 0 Å². The Morgan fingerprint density at radius 2 is 1.79 bits per heavy atom. The molecule has 1 saturated heterocycles. The zero-order valence-corrected chi connectivity index (χ0v) is 21.6. The molecule has 9 heteroatoms. The number of aldehydes is 1. The molecule has 3 aromatic heterocycles.